The maximum absolute atomic E-state index is 12.9. The lowest BCUT2D eigenvalue weighted by molar-refractivity contribution is 0.0886. The summed E-state index contributed by atoms with van der Waals surface area (Å²) < 4.78 is 0. The van der Waals surface area contributed by atoms with Crippen molar-refractivity contribution in [1.29, 1.82) is 0 Å². The van der Waals surface area contributed by atoms with Crippen LogP contribution >= 0.6 is 0 Å². The molecule has 5 nitrogen and oxygen atoms in total. The molecule has 2 aliphatic rings. The van der Waals surface area contributed by atoms with Crippen LogP contribution in [0.1, 0.15) is 38.7 Å². The number of aryl methyl sites for hydroxylation is 2. The predicted octanol–water partition coefficient (Wildman–Crippen LogP) is 3.01. The minimum atomic E-state index is 0.0121. The minimum Gasteiger partial charge on any atom is -0.374 e. The summed E-state index contributed by atoms with van der Waals surface area (Å²) in [5.74, 6) is 0.0121. The van der Waals surface area contributed by atoms with Crippen molar-refractivity contribution < 1.29 is 4.79 Å². The molecule has 1 amide bonds. The molecular formula is C25H34N4O. The molecule has 1 saturated heterocycles. The topological polar surface area (TPSA) is 38.8 Å². The lowest BCUT2D eigenvalue weighted by atomic mass is 9.99. The summed E-state index contributed by atoms with van der Waals surface area (Å²) in [4.78, 5) is 20.1. The number of anilines is 1. The van der Waals surface area contributed by atoms with Crippen molar-refractivity contribution in [3.05, 3.63) is 64.2 Å². The SMILES string of the molecule is Cc1ccc(C(=O)NCC(c2ccc3c(c2)CCN3C)N2CCN(C)CC2)cc1C. The molecule has 2 aliphatic heterocycles. The van der Waals surface area contributed by atoms with Crippen molar-refractivity contribution in [3.63, 3.8) is 0 Å². The second-order valence-corrected chi connectivity index (χ2v) is 8.92. The monoisotopic (exact) mass is 406 g/mol. The molecule has 160 valence electrons. The Balaban J connectivity index is 1.53. The Kier molecular flexibility index (Phi) is 6.11. The van der Waals surface area contributed by atoms with Crippen LogP contribution in [-0.2, 0) is 6.42 Å². The zero-order valence-electron chi connectivity index (χ0n) is 18.7. The molecule has 5 heteroatoms. The first-order chi connectivity index (χ1) is 14.4. The molecule has 1 unspecified atom stereocenters. The Morgan fingerprint density at radius 1 is 0.967 bits per heavy atom. The Morgan fingerprint density at radius 3 is 2.47 bits per heavy atom. The van der Waals surface area contributed by atoms with E-state index < -0.39 is 0 Å². The number of benzene rings is 2. The van der Waals surface area contributed by atoms with Gasteiger partial charge in [0.15, 0.2) is 0 Å². The van der Waals surface area contributed by atoms with E-state index in [1.807, 2.05) is 18.2 Å². The number of carbonyl (C=O) groups is 1. The molecule has 4 rings (SSSR count). The molecule has 1 N–H and O–H groups in total. The van der Waals surface area contributed by atoms with Gasteiger partial charge in [-0.25, -0.2) is 0 Å². The number of nitrogens with zero attached hydrogens (tertiary/aromatic N) is 3. The molecule has 0 bridgehead atoms. The van der Waals surface area contributed by atoms with Gasteiger partial charge in [-0.2, -0.15) is 0 Å². The standard InChI is InChI=1S/C25H34N4O/c1-18-5-6-22(15-19(18)2)25(30)26-17-24(29-13-11-27(3)12-14-29)20-7-8-23-21(16-20)9-10-28(23)4/h5-8,15-16,24H,9-14,17H2,1-4H3,(H,26,30). The Morgan fingerprint density at radius 2 is 1.73 bits per heavy atom. The average molecular weight is 407 g/mol. The quantitative estimate of drug-likeness (QED) is 0.829. The molecule has 0 saturated carbocycles. The van der Waals surface area contributed by atoms with E-state index >= 15 is 0 Å². The van der Waals surface area contributed by atoms with Crippen LogP contribution < -0.4 is 10.2 Å². The van der Waals surface area contributed by atoms with Gasteiger partial charge in [-0.05, 0) is 67.8 Å². The summed E-state index contributed by atoms with van der Waals surface area (Å²) in [5, 5.41) is 3.22. The van der Waals surface area contributed by atoms with Gasteiger partial charge in [-0.1, -0.05) is 18.2 Å². The molecule has 30 heavy (non-hydrogen) atoms. The van der Waals surface area contributed by atoms with Gasteiger partial charge in [0.2, 0.25) is 0 Å². The predicted molar refractivity (Wildman–Crippen MR) is 123 cm³/mol. The lowest BCUT2D eigenvalue weighted by Crippen LogP contribution is -2.48. The third-order valence-electron chi connectivity index (χ3n) is 6.82. The fraction of sp³-hybridized carbons (Fsp3) is 0.480. The lowest BCUT2D eigenvalue weighted by Gasteiger charge is -2.38. The fourth-order valence-corrected chi connectivity index (χ4v) is 4.56. The molecule has 0 aliphatic carbocycles. The molecule has 0 aromatic heterocycles. The first-order valence-electron chi connectivity index (χ1n) is 11.0. The molecule has 0 spiro atoms. The second-order valence-electron chi connectivity index (χ2n) is 8.92. The molecule has 1 fully saturated rings. The van der Waals surface area contributed by atoms with E-state index in [-0.39, 0.29) is 11.9 Å². The number of nitrogens with one attached hydrogen (secondary N) is 1. The number of hydrogen-bond acceptors (Lipinski definition) is 4. The Bertz CT molecular complexity index is 917. The summed E-state index contributed by atoms with van der Waals surface area (Å²) in [7, 11) is 4.34. The van der Waals surface area contributed by atoms with E-state index in [4.69, 9.17) is 0 Å². The summed E-state index contributed by atoms with van der Waals surface area (Å²) in [6, 6.07) is 13.0. The highest BCUT2D eigenvalue weighted by Crippen LogP contribution is 2.31. The molecular weight excluding hydrogens is 372 g/mol. The zero-order valence-corrected chi connectivity index (χ0v) is 18.7. The number of hydrogen-bond donors (Lipinski definition) is 1. The van der Waals surface area contributed by atoms with Crippen LogP contribution in [0.3, 0.4) is 0 Å². The molecule has 2 aromatic carbocycles. The summed E-state index contributed by atoms with van der Waals surface area (Å²) in [6.45, 7) is 10.0. The number of fused-ring (bicyclic) bond motifs is 1. The van der Waals surface area contributed by atoms with Gasteiger partial charge in [0, 0.05) is 57.6 Å². The van der Waals surface area contributed by atoms with Crippen LogP contribution in [0.2, 0.25) is 0 Å². The molecule has 2 aromatic rings. The van der Waals surface area contributed by atoms with Crippen molar-refractivity contribution in [2.75, 3.05) is 58.3 Å². The second kappa shape index (κ2) is 8.78. The van der Waals surface area contributed by atoms with Crippen molar-refractivity contribution in [2.45, 2.75) is 26.3 Å². The van der Waals surface area contributed by atoms with Gasteiger partial charge < -0.3 is 15.1 Å². The Labute approximate surface area is 180 Å². The van der Waals surface area contributed by atoms with Gasteiger partial charge >= 0.3 is 0 Å². The third kappa shape index (κ3) is 4.37. The van der Waals surface area contributed by atoms with E-state index in [1.54, 1.807) is 0 Å². The van der Waals surface area contributed by atoms with Gasteiger partial charge in [-0.15, -0.1) is 0 Å². The first kappa shape index (κ1) is 20.9. The van der Waals surface area contributed by atoms with Crippen LogP contribution in [0.5, 0.6) is 0 Å². The van der Waals surface area contributed by atoms with Crippen LogP contribution in [0.15, 0.2) is 36.4 Å². The van der Waals surface area contributed by atoms with E-state index in [2.05, 4.69) is 66.2 Å². The van der Waals surface area contributed by atoms with E-state index in [1.165, 1.54) is 22.4 Å². The molecule has 1 atom stereocenters. The minimum absolute atomic E-state index is 0.0121. The van der Waals surface area contributed by atoms with Crippen LogP contribution in [0.25, 0.3) is 0 Å². The average Bonchev–Trinajstić information content (AvgIpc) is 3.11. The maximum atomic E-state index is 12.9. The summed E-state index contributed by atoms with van der Waals surface area (Å²) in [5.41, 5.74) is 7.19. The highest BCUT2D eigenvalue weighted by atomic mass is 16.1. The molecule has 0 radical (unpaired) electrons. The highest BCUT2D eigenvalue weighted by Gasteiger charge is 2.26. The normalized spacial score (nSPS) is 18.3. The van der Waals surface area contributed by atoms with Crippen molar-refractivity contribution in [3.8, 4) is 0 Å². The first-order valence-corrected chi connectivity index (χ1v) is 11.0. The summed E-state index contributed by atoms with van der Waals surface area (Å²) in [6.07, 6.45) is 1.10. The van der Waals surface area contributed by atoms with Crippen LogP contribution in [-0.4, -0.2) is 69.1 Å². The van der Waals surface area contributed by atoms with E-state index in [9.17, 15) is 4.79 Å². The van der Waals surface area contributed by atoms with E-state index in [0.29, 0.717) is 6.54 Å². The number of piperazine rings is 1. The zero-order chi connectivity index (χ0) is 21.3. The van der Waals surface area contributed by atoms with E-state index in [0.717, 1.165) is 50.3 Å². The largest absolute Gasteiger partial charge is 0.374 e. The number of amides is 1. The Hall–Kier alpha value is -2.37. The number of rotatable bonds is 5. The van der Waals surface area contributed by atoms with Gasteiger partial charge in [0.05, 0.1) is 6.04 Å². The third-order valence-corrected chi connectivity index (χ3v) is 6.82. The number of carbonyl (C=O) groups excluding carboxylic acids is 1. The smallest absolute Gasteiger partial charge is 0.251 e. The van der Waals surface area contributed by atoms with Crippen molar-refractivity contribution in [2.24, 2.45) is 0 Å². The van der Waals surface area contributed by atoms with Gasteiger partial charge in [0.1, 0.15) is 0 Å². The summed E-state index contributed by atoms with van der Waals surface area (Å²) >= 11 is 0. The van der Waals surface area contributed by atoms with Crippen molar-refractivity contribution in [1.82, 2.24) is 15.1 Å². The highest BCUT2D eigenvalue weighted by molar-refractivity contribution is 5.94. The molecule has 2 heterocycles. The van der Waals surface area contributed by atoms with Crippen molar-refractivity contribution >= 4 is 11.6 Å². The van der Waals surface area contributed by atoms with Gasteiger partial charge in [0.25, 0.3) is 5.91 Å². The fourth-order valence-electron chi connectivity index (χ4n) is 4.56. The van der Waals surface area contributed by atoms with Crippen LogP contribution in [0.4, 0.5) is 5.69 Å². The number of likely N-dealkylation sites (N-methyl/N-ethyl adjacent to an activating group) is 2. The maximum Gasteiger partial charge on any atom is 0.251 e. The van der Waals surface area contributed by atoms with Crippen LogP contribution in [0, 0.1) is 13.8 Å². The van der Waals surface area contributed by atoms with Gasteiger partial charge in [-0.3, -0.25) is 9.69 Å².